The molecule has 32 heavy (non-hydrogen) atoms. The van der Waals surface area contributed by atoms with Crippen molar-refractivity contribution in [1.29, 1.82) is 0 Å². The van der Waals surface area contributed by atoms with Gasteiger partial charge in [0.05, 0.1) is 0 Å². The molecule has 0 atom stereocenters. The van der Waals surface area contributed by atoms with Crippen LogP contribution in [0.4, 0.5) is 0 Å². The Hall–Kier alpha value is -3.60. The van der Waals surface area contributed by atoms with Crippen molar-refractivity contribution < 1.29 is 10.2 Å². The molecule has 0 unspecified atom stereocenters. The summed E-state index contributed by atoms with van der Waals surface area (Å²) in [7, 11) is 0. The van der Waals surface area contributed by atoms with E-state index in [1.807, 2.05) is 36.4 Å². The minimum absolute atomic E-state index is 0.159. The van der Waals surface area contributed by atoms with Crippen molar-refractivity contribution in [2.45, 2.75) is 0 Å². The van der Waals surface area contributed by atoms with Gasteiger partial charge in [-0.15, -0.1) is 22.7 Å². The van der Waals surface area contributed by atoms with Gasteiger partial charge in [0.1, 0.15) is 11.5 Å². The van der Waals surface area contributed by atoms with Crippen LogP contribution in [0.15, 0.2) is 95.7 Å². The number of thiophene rings is 2. The van der Waals surface area contributed by atoms with E-state index in [-0.39, 0.29) is 11.5 Å². The number of fused-ring (bicyclic) bond motifs is 2. The van der Waals surface area contributed by atoms with E-state index < -0.39 is 0 Å². The average molecular weight is 451 g/mol. The van der Waals surface area contributed by atoms with Gasteiger partial charge in [0, 0.05) is 20.9 Å². The highest BCUT2D eigenvalue weighted by Gasteiger charge is 2.17. The maximum Gasteiger partial charge on any atom is 0.124 e. The smallest absolute Gasteiger partial charge is 0.124 e. The number of hydrogen-bond acceptors (Lipinski definition) is 4. The average Bonchev–Trinajstić information content (AvgIpc) is 3.54. The Balaban J connectivity index is 1.60. The van der Waals surface area contributed by atoms with Crippen LogP contribution in [0.2, 0.25) is 0 Å². The fraction of sp³-hybridized carbons (Fsp3) is 0. The predicted molar refractivity (Wildman–Crippen MR) is 137 cm³/mol. The lowest BCUT2D eigenvalue weighted by Crippen LogP contribution is -1.88. The molecule has 2 aromatic heterocycles. The third-order valence-electron chi connectivity index (χ3n) is 5.86. The highest BCUT2D eigenvalue weighted by Crippen LogP contribution is 2.45. The van der Waals surface area contributed by atoms with Gasteiger partial charge >= 0.3 is 0 Å². The first-order valence-electron chi connectivity index (χ1n) is 10.3. The molecule has 0 amide bonds. The second kappa shape index (κ2) is 7.52. The summed E-state index contributed by atoms with van der Waals surface area (Å²) in [5.41, 5.74) is 3.61. The maximum absolute atomic E-state index is 10.9. The summed E-state index contributed by atoms with van der Waals surface area (Å²) in [6, 6.07) is 28.1. The number of phenolic OH excluding ortho intramolecular Hbond substituents is 2. The lowest BCUT2D eigenvalue weighted by molar-refractivity contribution is 0.470. The highest BCUT2D eigenvalue weighted by atomic mass is 32.1. The van der Waals surface area contributed by atoms with E-state index in [4.69, 9.17) is 0 Å². The molecule has 0 saturated heterocycles. The zero-order chi connectivity index (χ0) is 21.7. The van der Waals surface area contributed by atoms with E-state index in [2.05, 4.69) is 47.2 Å². The lowest BCUT2D eigenvalue weighted by Gasteiger charge is -2.15. The van der Waals surface area contributed by atoms with Crippen LogP contribution in [0.25, 0.3) is 53.6 Å². The molecule has 0 saturated carbocycles. The van der Waals surface area contributed by atoms with Gasteiger partial charge < -0.3 is 10.2 Å². The summed E-state index contributed by atoms with van der Waals surface area (Å²) in [5, 5.41) is 29.8. The second-order valence-electron chi connectivity index (χ2n) is 7.75. The van der Waals surface area contributed by atoms with Crippen LogP contribution in [0, 0.1) is 0 Å². The monoisotopic (exact) mass is 450 g/mol. The van der Waals surface area contributed by atoms with E-state index >= 15 is 0 Å². The Kier molecular flexibility index (Phi) is 4.49. The molecule has 6 aromatic rings. The number of aromatic hydroxyl groups is 2. The topological polar surface area (TPSA) is 40.5 Å². The Morgan fingerprint density at radius 1 is 0.500 bits per heavy atom. The Morgan fingerprint density at radius 3 is 1.38 bits per heavy atom. The van der Waals surface area contributed by atoms with Gasteiger partial charge in [0.25, 0.3) is 0 Å². The molecule has 2 N–H and O–H groups in total. The largest absolute Gasteiger partial charge is 0.507 e. The summed E-state index contributed by atoms with van der Waals surface area (Å²) in [5.74, 6) is 0.318. The summed E-state index contributed by atoms with van der Waals surface area (Å²) in [4.78, 5) is 2.41. The summed E-state index contributed by atoms with van der Waals surface area (Å²) in [6.07, 6.45) is 0. The van der Waals surface area contributed by atoms with Crippen molar-refractivity contribution in [3.63, 3.8) is 0 Å². The standard InChI is InChI=1S/C28H18O2S2/c29-23-11-7-17-15-19(25-3-1-13-31-25)5-9-21(17)27(23)28-22-10-6-20(26-4-2-14-32-26)16-18(22)8-12-24(28)30/h1-16,29-30H. The van der Waals surface area contributed by atoms with E-state index in [0.717, 1.165) is 32.7 Å². The summed E-state index contributed by atoms with van der Waals surface area (Å²) >= 11 is 3.41. The van der Waals surface area contributed by atoms with Crippen molar-refractivity contribution >= 4 is 44.2 Å². The van der Waals surface area contributed by atoms with Crippen molar-refractivity contribution in [3.8, 4) is 43.5 Å². The fourth-order valence-corrected chi connectivity index (χ4v) is 5.80. The zero-order valence-corrected chi connectivity index (χ0v) is 18.6. The third kappa shape index (κ3) is 3.08. The first-order chi connectivity index (χ1) is 15.7. The number of phenols is 2. The number of benzene rings is 4. The van der Waals surface area contributed by atoms with E-state index in [9.17, 15) is 10.2 Å². The van der Waals surface area contributed by atoms with Gasteiger partial charge in [0.15, 0.2) is 0 Å². The van der Waals surface area contributed by atoms with E-state index in [1.165, 1.54) is 9.75 Å². The SMILES string of the molecule is Oc1ccc2cc(-c3cccs3)ccc2c1-c1c(O)ccc2cc(-c3cccs3)ccc12. The van der Waals surface area contributed by atoms with E-state index in [1.54, 1.807) is 34.8 Å². The van der Waals surface area contributed by atoms with Crippen molar-refractivity contribution in [3.05, 3.63) is 95.7 Å². The molecular weight excluding hydrogens is 432 g/mol. The Morgan fingerprint density at radius 2 is 0.969 bits per heavy atom. The lowest BCUT2D eigenvalue weighted by atomic mass is 9.91. The summed E-state index contributed by atoms with van der Waals surface area (Å²) in [6.45, 7) is 0. The molecule has 0 spiro atoms. The molecule has 0 aliphatic carbocycles. The first-order valence-corrected chi connectivity index (χ1v) is 12.0. The number of rotatable bonds is 3. The van der Waals surface area contributed by atoms with Crippen molar-refractivity contribution in [1.82, 2.24) is 0 Å². The molecule has 0 aliphatic rings. The molecule has 0 fully saturated rings. The zero-order valence-electron chi connectivity index (χ0n) is 16.9. The quantitative estimate of drug-likeness (QED) is 0.284. The molecule has 6 rings (SSSR count). The Bertz CT molecular complexity index is 1460. The molecule has 4 heteroatoms. The molecule has 154 valence electrons. The highest BCUT2D eigenvalue weighted by molar-refractivity contribution is 7.13. The van der Waals surface area contributed by atoms with Crippen LogP contribution in [0.1, 0.15) is 0 Å². The van der Waals surface area contributed by atoms with Gasteiger partial charge in [-0.25, -0.2) is 0 Å². The van der Waals surface area contributed by atoms with Gasteiger partial charge in [-0.05, 0) is 79.8 Å². The van der Waals surface area contributed by atoms with Crippen LogP contribution < -0.4 is 0 Å². The van der Waals surface area contributed by atoms with Crippen LogP contribution >= 0.6 is 22.7 Å². The fourth-order valence-electron chi connectivity index (χ4n) is 4.35. The van der Waals surface area contributed by atoms with E-state index in [0.29, 0.717) is 11.1 Å². The third-order valence-corrected chi connectivity index (χ3v) is 7.69. The maximum atomic E-state index is 10.9. The summed E-state index contributed by atoms with van der Waals surface area (Å²) < 4.78 is 0. The molecule has 0 aliphatic heterocycles. The van der Waals surface area contributed by atoms with Gasteiger partial charge in [-0.2, -0.15) is 0 Å². The predicted octanol–water partition coefficient (Wildman–Crippen LogP) is 8.53. The van der Waals surface area contributed by atoms with Crippen LogP contribution in [0.3, 0.4) is 0 Å². The second-order valence-corrected chi connectivity index (χ2v) is 9.64. The van der Waals surface area contributed by atoms with Gasteiger partial charge in [0.2, 0.25) is 0 Å². The first kappa shape index (κ1) is 19.1. The minimum atomic E-state index is 0.159. The molecule has 4 aromatic carbocycles. The van der Waals surface area contributed by atoms with Gasteiger partial charge in [-0.1, -0.05) is 48.5 Å². The number of hydrogen-bond donors (Lipinski definition) is 2. The van der Waals surface area contributed by atoms with Crippen LogP contribution in [0.5, 0.6) is 11.5 Å². The molecule has 2 heterocycles. The molecule has 2 nitrogen and oxygen atoms in total. The molecule has 0 radical (unpaired) electrons. The molecular formula is C28H18O2S2. The van der Waals surface area contributed by atoms with Crippen LogP contribution in [-0.2, 0) is 0 Å². The minimum Gasteiger partial charge on any atom is -0.507 e. The Labute approximate surface area is 193 Å². The normalized spacial score (nSPS) is 11.4. The molecule has 0 bridgehead atoms. The van der Waals surface area contributed by atoms with Crippen molar-refractivity contribution in [2.24, 2.45) is 0 Å². The van der Waals surface area contributed by atoms with Crippen LogP contribution in [-0.4, -0.2) is 10.2 Å². The van der Waals surface area contributed by atoms with Crippen molar-refractivity contribution in [2.75, 3.05) is 0 Å². The van der Waals surface area contributed by atoms with Gasteiger partial charge in [-0.3, -0.25) is 0 Å².